The molecule has 0 fully saturated rings. The zero-order chi connectivity index (χ0) is 17.1. The molecule has 0 aromatic carbocycles. The number of aromatic nitrogens is 2. The summed E-state index contributed by atoms with van der Waals surface area (Å²) in [7, 11) is 0. The molecule has 0 atom stereocenters. The molecule has 1 aromatic heterocycles. The third-order valence-corrected chi connectivity index (χ3v) is 3.24. The molecule has 6 heteroatoms. The van der Waals surface area contributed by atoms with Crippen molar-refractivity contribution in [1.82, 2.24) is 9.78 Å². The molecule has 0 amide bonds. The average Bonchev–Trinajstić information content (AvgIpc) is 2.36. The van der Waals surface area contributed by atoms with Crippen LogP contribution in [0.5, 0.6) is 5.75 Å². The molecule has 0 spiro atoms. The van der Waals surface area contributed by atoms with Crippen LogP contribution in [0.3, 0.4) is 0 Å². The Labute approximate surface area is 131 Å². The van der Waals surface area contributed by atoms with Gasteiger partial charge in [-0.1, -0.05) is 34.6 Å². The number of aryl methyl sites for hydroxylation is 1. The minimum absolute atomic E-state index is 0.136. The molecule has 1 aromatic rings. The zero-order valence-corrected chi connectivity index (χ0v) is 14.3. The van der Waals surface area contributed by atoms with Crippen LogP contribution in [0.2, 0.25) is 0 Å². The first-order valence-electron chi connectivity index (χ1n) is 7.61. The molecule has 6 nitrogen and oxygen atoms in total. The fraction of sp³-hybridized carbons (Fsp3) is 0.688. The van der Waals surface area contributed by atoms with Crippen molar-refractivity contribution in [3.8, 4) is 5.75 Å². The zero-order valence-electron chi connectivity index (χ0n) is 14.3. The van der Waals surface area contributed by atoms with Crippen LogP contribution in [-0.2, 0) is 16.7 Å². The van der Waals surface area contributed by atoms with Crippen molar-refractivity contribution in [2.45, 2.75) is 59.9 Å². The highest BCUT2D eigenvalue weighted by Crippen LogP contribution is 2.30. The fourth-order valence-corrected chi connectivity index (χ4v) is 1.99. The largest absolute Gasteiger partial charge is 0.505 e. The fourth-order valence-electron chi connectivity index (χ4n) is 1.99. The number of hydrogen-bond donors (Lipinski definition) is 1. The molecule has 0 aliphatic heterocycles. The maximum Gasteiger partial charge on any atom is 0.347 e. The second kappa shape index (κ2) is 6.94. The maximum atomic E-state index is 12.4. The molecule has 0 unspecified atom stereocenters. The number of hydrogen-bond acceptors (Lipinski definition) is 5. The predicted molar refractivity (Wildman–Crippen MR) is 84.3 cm³/mol. The highest BCUT2D eigenvalue weighted by molar-refractivity contribution is 5.92. The van der Waals surface area contributed by atoms with Crippen LogP contribution in [0.1, 0.15) is 64.0 Å². The van der Waals surface area contributed by atoms with Gasteiger partial charge in [-0.15, -0.1) is 0 Å². The first-order valence-corrected chi connectivity index (χ1v) is 7.61. The van der Waals surface area contributed by atoms with Crippen molar-refractivity contribution < 1.29 is 14.6 Å². The molecule has 0 radical (unpaired) electrons. The van der Waals surface area contributed by atoms with E-state index < -0.39 is 16.9 Å². The van der Waals surface area contributed by atoms with Gasteiger partial charge in [-0.25, -0.2) is 9.48 Å². The Morgan fingerprint density at radius 3 is 2.41 bits per heavy atom. The van der Waals surface area contributed by atoms with Gasteiger partial charge in [0.25, 0.3) is 5.56 Å². The summed E-state index contributed by atoms with van der Waals surface area (Å²) in [5.41, 5.74) is -1.12. The SMILES string of the molecule is CCOC(=O)c1c(O)c(C(C)(C)C)nn(CCC(C)C)c1=O. The molecule has 1 heterocycles. The molecule has 22 heavy (non-hydrogen) atoms. The number of carbonyl (C=O) groups excluding carboxylic acids is 1. The van der Waals surface area contributed by atoms with E-state index in [1.165, 1.54) is 4.68 Å². The maximum absolute atomic E-state index is 12.4. The van der Waals surface area contributed by atoms with Crippen LogP contribution in [0.25, 0.3) is 0 Å². The van der Waals surface area contributed by atoms with Gasteiger partial charge in [-0.3, -0.25) is 4.79 Å². The lowest BCUT2D eigenvalue weighted by Gasteiger charge is -2.21. The van der Waals surface area contributed by atoms with Gasteiger partial charge in [0.05, 0.1) is 6.61 Å². The van der Waals surface area contributed by atoms with Crippen molar-refractivity contribution >= 4 is 5.97 Å². The Kier molecular flexibility index (Phi) is 5.74. The molecule has 0 aliphatic carbocycles. The van der Waals surface area contributed by atoms with Gasteiger partial charge in [0.1, 0.15) is 5.69 Å². The smallest absolute Gasteiger partial charge is 0.347 e. The van der Waals surface area contributed by atoms with Crippen molar-refractivity contribution in [2.24, 2.45) is 5.92 Å². The number of carbonyl (C=O) groups is 1. The monoisotopic (exact) mass is 310 g/mol. The third-order valence-electron chi connectivity index (χ3n) is 3.24. The van der Waals surface area contributed by atoms with E-state index in [0.717, 1.165) is 6.42 Å². The summed E-state index contributed by atoms with van der Waals surface area (Å²) in [5, 5.41) is 14.6. The van der Waals surface area contributed by atoms with Gasteiger partial charge in [-0.05, 0) is 19.3 Å². The van der Waals surface area contributed by atoms with Crippen LogP contribution in [-0.4, -0.2) is 27.5 Å². The highest BCUT2D eigenvalue weighted by Gasteiger charge is 2.29. The quantitative estimate of drug-likeness (QED) is 0.845. The van der Waals surface area contributed by atoms with E-state index in [2.05, 4.69) is 5.10 Å². The summed E-state index contributed by atoms with van der Waals surface area (Å²) in [6, 6.07) is 0. The van der Waals surface area contributed by atoms with E-state index in [-0.39, 0.29) is 17.9 Å². The number of aromatic hydroxyl groups is 1. The molecule has 0 saturated heterocycles. The molecule has 1 rings (SSSR count). The van der Waals surface area contributed by atoms with Crippen molar-refractivity contribution in [3.05, 3.63) is 21.6 Å². The van der Waals surface area contributed by atoms with E-state index >= 15 is 0 Å². The van der Waals surface area contributed by atoms with Crippen LogP contribution in [0.4, 0.5) is 0 Å². The van der Waals surface area contributed by atoms with Crippen molar-refractivity contribution in [3.63, 3.8) is 0 Å². The van der Waals surface area contributed by atoms with E-state index in [4.69, 9.17) is 4.74 Å². The number of ether oxygens (including phenoxy) is 1. The Hall–Kier alpha value is -1.85. The van der Waals surface area contributed by atoms with Gasteiger partial charge in [0, 0.05) is 12.0 Å². The normalized spacial score (nSPS) is 11.8. The predicted octanol–water partition coefficient (Wildman–Crippen LogP) is 2.47. The minimum atomic E-state index is -0.809. The Bertz CT molecular complexity index is 597. The Balaban J connectivity index is 3.50. The Morgan fingerprint density at radius 2 is 1.95 bits per heavy atom. The summed E-state index contributed by atoms with van der Waals surface area (Å²) in [4.78, 5) is 24.5. The average molecular weight is 310 g/mol. The molecule has 0 bridgehead atoms. The van der Waals surface area contributed by atoms with Gasteiger partial charge in [-0.2, -0.15) is 5.10 Å². The molecule has 0 aliphatic rings. The molecule has 0 saturated carbocycles. The van der Waals surface area contributed by atoms with Crippen molar-refractivity contribution in [1.29, 1.82) is 0 Å². The number of nitrogens with zero attached hydrogens (tertiary/aromatic N) is 2. The molecular weight excluding hydrogens is 284 g/mol. The standard InChI is InChI=1S/C16H26N2O4/c1-7-22-15(21)11-12(19)13(16(4,5)6)17-18(14(11)20)9-8-10(2)3/h10,19H,7-9H2,1-6H3. The van der Waals surface area contributed by atoms with E-state index in [9.17, 15) is 14.7 Å². The summed E-state index contributed by atoms with van der Waals surface area (Å²) in [6.45, 7) is 11.9. The minimum Gasteiger partial charge on any atom is -0.505 e. The van der Waals surface area contributed by atoms with Crippen LogP contribution >= 0.6 is 0 Å². The highest BCUT2D eigenvalue weighted by atomic mass is 16.5. The van der Waals surface area contributed by atoms with Gasteiger partial charge in [0.2, 0.25) is 0 Å². The summed E-state index contributed by atoms with van der Waals surface area (Å²) < 4.78 is 6.15. The number of rotatable bonds is 5. The lowest BCUT2D eigenvalue weighted by atomic mass is 9.90. The van der Waals surface area contributed by atoms with Gasteiger partial charge in [0.15, 0.2) is 11.3 Å². The molecule has 1 N–H and O–H groups in total. The lowest BCUT2D eigenvalue weighted by Crippen LogP contribution is -2.33. The molecular formula is C16H26N2O4. The van der Waals surface area contributed by atoms with Gasteiger partial charge >= 0.3 is 5.97 Å². The second-order valence-electron chi connectivity index (χ2n) is 6.75. The van der Waals surface area contributed by atoms with E-state index in [0.29, 0.717) is 18.2 Å². The summed E-state index contributed by atoms with van der Waals surface area (Å²) in [5.74, 6) is -0.792. The van der Waals surface area contributed by atoms with Crippen LogP contribution in [0.15, 0.2) is 4.79 Å². The lowest BCUT2D eigenvalue weighted by molar-refractivity contribution is 0.0518. The molecule has 124 valence electrons. The van der Waals surface area contributed by atoms with Crippen molar-refractivity contribution in [2.75, 3.05) is 6.61 Å². The Morgan fingerprint density at radius 1 is 1.36 bits per heavy atom. The topological polar surface area (TPSA) is 81.4 Å². The summed E-state index contributed by atoms with van der Waals surface area (Å²) in [6.07, 6.45) is 0.754. The van der Waals surface area contributed by atoms with E-state index in [1.807, 2.05) is 34.6 Å². The first-order chi connectivity index (χ1) is 10.1. The summed E-state index contributed by atoms with van der Waals surface area (Å²) >= 11 is 0. The second-order valence-corrected chi connectivity index (χ2v) is 6.75. The van der Waals surface area contributed by atoms with E-state index in [1.54, 1.807) is 6.92 Å². The van der Waals surface area contributed by atoms with Gasteiger partial charge < -0.3 is 9.84 Å². The third kappa shape index (κ3) is 4.08. The number of esters is 1. The van der Waals surface area contributed by atoms with Crippen LogP contribution in [0, 0.1) is 5.92 Å². The first kappa shape index (κ1) is 18.2. The van der Waals surface area contributed by atoms with Crippen LogP contribution < -0.4 is 5.56 Å².